The molecule has 0 radical (unpaired) electrons. The van der Waals surface area contributed by atoms with E-state index in [0.717, 1.165) is 29.1 Å². The largest absolute Gasteiger partial charge is 0.493 e. The number of hydrogen-bond acceptors (Lipinski definition) is 5. The molecule has 1 aromatic carbocycles. The second kappa shape index (κ2) is 5.32. The summed E-state index contributed by atoms with van der Waals surface area (Å²) in [4.78, 5) is 4.75. The molecule has 0 aliphatic carbocycles. The molecule has 0 fully saturated rings. The van der Waals surface area contributed by atoms with Gasteiger partial charge in [-0.3, -0.25) is 10.2 Å². The zero-order chi connectivity index (χ0) is 14.9. The lowest BCUT2D eigenvalue weighted by Gasteiger charge is -2.39. The van der Waals surface area contributed by atoms with Gasteiger partial charge in [0, 0.05) is 11.3 Å². The van der Waals surface area contributed by atoms with Crippen LogP contribution < -0.4 is 20.0 Å². The molecule has 0 saturated heterocycles. The van der Waals surface area contributed by atoms with E-state index in [9.17, 15) is 5.21 Å². The van der Waals surface area contributed by atoms with Gasteiger partial charge in [-0.15, -0.1) is 0 Å². The number of fused-ring (bicyclic) bond motifs is 1. The van der Waals surface area contributed by atoms with Gasteiger partial charge < -0.3 is 9.47 Å². The molecular weight excluding hydrogens is 256 g/mol. The number of ether oxygens (including phenoxy) is 2. The predicted octanol–water partition coefficient (Wildman–Crippen LogP) is 1.67. The minimum atomic E-state index is -0.601. The summed E-state index contributed by atoms with van der Waals surface area (Å²) < 4.78 is 10.6. The fourth-order valence-electron chi connectivity index (χ4n) is 2.66. The highest BCUT2D eigenvalue weighted by atomic mass is 16.5. The second-order valence-corrected chi connectivity index (χ2v) is 4.92. The highest BCUT2D eigenvalue weighted by Crippen LogP contribution is 2.30. The molecule has 20 heavy (non-hydrogen) atoms. The number of benzene rings is 1. The lowest BCUT2D eigenvalue weighted by Crippen LogP contribution is -2.52. The summed E-state index contributed by atoms with van der Waals surface area (Å²) in [7, 11) is 3.20. The van der Waals surface area contributed by atoms with Crippen LogP contribution >= 0.6 is 0 Å². The van der Waals surface area contributed by atoms with Crippen LogP contribution in [0.5, 0.6) is 11.5 Å². The van der Waals surface area contributed by atoms with E-state index in [1.165, 1.54) is 5.06 Å². The molecular formula is C15H22N2O3. The standard InChI is InChI=1S/C15H22N2O3/c1-6-15(7-2)16-12-9-14(20-5)13(19-4)8-11(12)10(3)17(15)18/h8-9,18H,6-7H2,1-5H3. The molecule has 110 valence electrons. The van der Waals surface area contributed by atoms with Crippen molar-refractivity contribution in [2.45, 2.75) is 39.3 Å². The van der Waals surface area contributed by atoms with Crippen molar-refractivity contribution in [3.8, 4) is 11.5 Å². The third-order valence-electron chi connectivity index (χ3n) is 4.06. The average Bonchev–Trinajstić information content (AvgIpc) is 2.49. The van der Waals surface area contributed by atoms with Gasteiger partial charge in [0.15, 0.2) is 17.2 Å². The molecule has 5 nitrogen and oxygen atoms in total. The molecule has 0 bridgehead atoms. The lowest BCUT2D eigenvalue weighted by atomic mass is 10.0. The van der Waals surface area contributed by atoms with Gasteiger partial charge in [0.2, 0.25) is 0 Å². The molecule has 1 aliphatic heterocycles. The number of hydroxylamine groups is 2. The fraction of sp³-hybridized carbons (Fsp3) is 0.533. The normalized spacial score (nSPS) is 16.5. The van der Waals surface area contributed by atoms with Crippen LogP contribution in [-0.4, -0.2) is 30.2 Å². The maximum absolute atomic E-state index is 10.5. The number of nitrogens with zero attached hydrogens (tertiary/aromatic N) is 2. The van der Waals surface area contributed by atoms with Crippen molar-refractivity contribution in [3.05, 3.63) is 22.7 Å². The Morgan fingerprint density at radius 2 is 1.70 bits per heavy atom. The van der Waals surface area contributed by atoms with Gasteiger partial charge >= 0.3 is 0 Å². The van der Waals surface area contributed by atoms with Crippen LogP contribution in [0, 0.1) is 0 Å². The summed E-state index contributed by atoms with van der Waals surface area (Å²) in [6.45, 7) is 5.93. The average molecular weight is 278 g/mol. The Kier molecular flexibility index (Phi) is 3.90. The monoisotopic (exact) mass is 278 g/mol. The van der Waals surface area contributed by atoms with E-state index in [-0.39, 0.29) is 0 Å². The summed E-state index contributed by atoms with van der Waals surface area (Å²) in [5.74, 6) is 1.28. The van der Waals surface area contributed by atoms with Crippen LogP contribution in [0.1, 0.15) is 33.6 Å². The predicted molar refractivity (Wildman–Crippen MR) is 76.3 cm³/mol. The van der Waals surface area contributed by atoms with Crippen LogP contribution in [0.4, 0.5) is 0 Å². The van der Waals surface area contributed by atoms with Crippen LogP contribution in [-0.2, 0) is 0 Å². The summed E-state index contributed by atoms with van der Waals surface area (Å²) in [5.41, 5.74) is 0.177. The summed E-state index contributed by atoms with van der Waals surface area (Å²) in [6.07, 6.45) is 1.45. The summed E-state index contributed by atoms with van der Waals surface area (Å²) in [6, 6.07) is 3.72. The van der Waals surface area contributed by atoms with Crippen LogP contribution in [0.25, 0.3) is 5.70 Å². The molecule has 0 amide bonds. The topological polar surface area (TPSA) is 54.3 Å². The van der Waals surface area contributed by atoms with Gasteiger partial charge in [0.1, 0.15) is 0 Å². The Morgan fingerprint density at radius 1 is 1.15 bits per heavy atom. The van der Waals surface area contributed by atoms with Crippen molar-refractivity contribution in [2.75, 3.05) is 14.2 Å². The molecule has 0 unspecified atom stereocenters. The molecule has 1 heterocycles. The van der Waals surface area contributed by atoms with Crippen molar-refractivity contribution < 1.29 is 14.7 Å². The second-order valence-electron chi connectivity index (χ2n) is 4.92. The van der Waals surface area contributed by atoms with E-state index >= 15 is 0 Å². The van der Waals surface area contributed by atoms with Crippen LogP contribution in [0.2, 0.25) is 0 Å². The first-order valence-electron chi connectivity index (χ1n) is 6.85. The van der Waals surface area contributed by atoms with E-state index < -0.39 is 5.66 Å². The van der Waals surface area contributed by atoms with Crippen LogP contribution in [0.3, 0.4) is 0 Å². The Bertz CT molecular complexity index is 621. The Balaban J connectivity index is 2.80. The Hall–Kier alpha value is -1.75. The molecule has 2 rings (SSSR count). The van der Waals surface area contributed by atoms with E-state index in [1.54, 1.807) is 14.2 Å². The van der Waals surface area contributed by atoms with Crippen LogP contribution in [0.15, 0.2) is 17.1 Å². The first kappa shape index (κ1) is 14.7. The number of methoxy groups -OCH3 is 2. The van der Waals surface area contributed by atoms with Gasteiger partial charge in [-0.25, -0.2) is 5.06 Å². The summed E-state index contributed by atoms with van der Waals surface area (Å²) in [5, 5.41) is 13.4. The first-order valence-corrected chi connectivity index (χ1v) is 6.85. The minimum Gasteiger partial charge on any atom is -0.493 e. The molecule has 0 aromatic heterocycles. The number of hydrogen-bond donors (Lipinski definition) is 1. The van der Waals surface area contributed by atoms with E-state index in [0.29, 0.717) is 11.5 Å². The van der Waals surface area contributed by atoms with Gasteiger partial charge in [0.05, 0.1) is 25.3 Å². The molecule has 5 heteroatoms. The van der Waals surface area contributed by atoms with Gasteiger partial charge in [-0.2, -0.15) is 0 Å². The zero-order valence-electron chi connectivity index (χ0n) is 12.7. The fourth-order valence-corrected chi connectivity index (χ4v) is 2.66. The summed E-state index contributed by atoms with van der Waals surface area (Å²) >= 11 is 0. The molecule has 1 aromatic rings. The first-order chi connectivity index (χ1) is 9.52. The molecule has 1 N–H and O–H groups in total. The maximum atomic E-state index is 10.5. The minimum absolute atomic E-state index is 0.601. The third-order valence-corrected chi connectivity index (χ3v) is 4.06. The molecule has 0 atom stereocenters. The van der Waals surface area contributed by atoms with Crippen molar-refractivity contribution in [2.24, 2.45) is 4.99 Å². The van der Waals surface area contributed by atoms with Crippen molar-refractivity contribution in [3.63, 3.8) is 0 Å². The molecule has 0 saturated carbocycles. The zero-order valence-corrected chi connectivity index (χ0v) is 12.7. The van der Waals surface area contributed by atoms with Crippen molar-refractivity contribution >= 4 is 5.70 Å². The molecule has 0 spiro atoms. The maximum Gasteiger partial charge on any atom is 0.162 e. The highest BCUT2D eigenvalue weighted by molar-refractivity contribution is 5.48. The lowest BCUT2D eigenvalue weighted by molar-refractivity contribution is -0.125. The Morgan fingerprint density at radius 3 is 2.20 bits per heavy atom. The van der Waals surface area contributed by atoms with Gasteiger partial charge in [-0.05, 0) is 25.8 Å². The van der Waals surface area contributed by atoms with E-state index in [1.807, 2.05) is 32.9 Å². The van der Waals surface area contributed by atoms with Gasteiger partial charge in [-0.1, -0.05) is 13.8 Å². The third kappa shape index (κ3) is 2.02. The highest BCUT2D eigenvalue weighted by Gasteiger charge is 2.35. The number of rotatable bonds is 4. The smallest absolute Gasteiger partial charge is 0.162 e. The van der Waals surface area contributed by atoms with Gasteiger partial charge in [0.25, 0.3) is 0 Å². The van der Waals surface area contributed by atoms with Crippen molar-refractivity contribution in [1.82, 2.24) is 5.06 Å². The van der Waals surface area contributed by atoms with E-state index in [2.05, 4.69) is 0 Å². The quantitative estimate of drug-likeness (QED) is 0.910. The van der Waals surface area contributed by atoms with E-state index in [4.69, 9.17) is 14.5 Å². The SMILES string of the molecule is CCC1(CC)N=c2cc(OC)c(OC)cc2=C(C)N1O. The Labute approximate surface area is 119 Å². The molecule has 1 aliphatic rings. The van der Waals surface area contributed by atoms with Crippen molar-refractivity contribution in [1.29, 1.82) is 0 Å².